The van der Waals surface area contributed by atoms with Gasteiger partial charge in [-0.15, -0.1) is 12.4 Å². The van der Waals surface area contributed by atoms with E-state index in [1.807, 2.05) is 18.7 Å². The number of nitrogens with one attached hydrogen (secondary N) is 1. The first-order valence-corrected chi connectivity index (χ1v) is 9.40. The summed E-state index contributed by atoms with van der Waals surface area (Å²) in [5.41, 5.74) is 6.62. The topological polar surface area (TPSA) is 102 Å². The van der Waals surface area contributed by atoms with Gasteiger partial charge in [0, 0.05) is 36.8 Å². The minimum absolute atomic E-state index is 0. The Balaban J connectivity index is 0.00000364. The molecule has 0 aliphatic carbocycles. The van der Waals surface area contributed by atoms with Gasteiger partial charge >= 0.3 is 0 Å². The molecule has 0 spiro atoms. The Labute approximate surface area is 167 Å². The number of anilines is 1. The van der Waals surface area contributed by atoms with Gasteiger partial charge in [0.15, 0.2) is 0 Å². The van der Waals surface area contributed by atoms with Gasteiger partial charge in [-0.3, -0.25) is 14.9 Å². The molecule has 0 aromatic heterocycles. The van der Waals surface area contributed by atoms with Crippen LogP contribution in [0.2, 0.25) is 0 Å². The third-order valence-electron chi connectivity index (χ3n) is 5.57. The molecule has 27 heavy (non-hydrogen) atoms. The third kappa shape index (κ3) is 5.81. The molecule has 7 nitrogen and oxygen atoms in total. The first kappa shape index (κ1) is 23.2. The smallest absolute Gasteiger partial charge is 0.293 e. The van der Waals surface area contributed by atoms with Crippen LogP contribution in [0, 0.1) is 16.0 Å². The van der Waals surface area contributed by atoms with E-state index in [-0.39, 0.29) is 24.0 Å². The molecule has 0 atom stereocenters. The van der Waals surface area contributed by atoms with Gasteiger partial charge in [0.1, 0.15) is 5.69 Å². The first-order valence-electron chi connectivity index (χ1n) is 9.40. The highest BCUT2D eigenvalue weighted by atomic mass is 35.5. The highest BCUT2D eigenvalue weighted by Gasteiger charge is 2.26. The Morgan fingerprint density at radius 3 is 2.44 bits per heavy atom. The van der Waals surface area contributed by atoms with Crippen molar-refractivity contribution in [1.82, 2.24) is 5.32 Å². The summed E-state index contributed by atoms with van der Waals surface area (Å²) in [6.07, 6.45) is 3.53. The van der Waals surface area contributed by atoms with Crippen molar-refractivity contribution in [2.75, 3.05) is 24.5 Å². The average molecular weight is 399 g/mol. The second-order valence-corrected chi connectivity index (χ2v) is 7.38. The molecular weight excluding hydrogens is 368 g/mol. The van der Waals surface area contributed by atoms with Crippen LogP contribution in [0.25, 0.3) is 0 Å². The quantitative estimate of drug-likeness (QED) is 0.540. The predicted octanol–water partition coefficient (Wildman–Crippen LogP) is 3.50. The number of nitro groups is 1. The van der Waals surface area contributed by atoms with Crippen LogP contribution < -0.4 is 16.0 Å². The molecule has 1 fully saturated rings. The molecule has 0 saturated carbocycles. The van der Waals surface area contributed by atoms with Crippen LogP contribution in [-0.2, 0) is 0 Å². The van der Waals surface area contributed by atoms with E-state index in [1.165, 1.54) is 6.07 Å². The lowest BCUT2D eigenvalue weighted by Gasteiger charge is -2.31. The van der Waals surface area contributed by atoms with Crippen LogP contribution in [-0.4, -0.2) is 36.0 Å². The zero-order chi connectivity index (χ0) is 19.3. The number of carbonyl (C=O) groups is 1. The largest absolute Gasteiger partial charge is 0.366 e. The van der Waals surface area contributed by atoms with E-state index in [2.05, 4.69) is 12.2 Å². The minimum Gasteiger partial charge on any atom is -0.366 e. The van der Waals surface area contributed by atoms with E-state index >= 15 is 0 Å². The van der Waals surface area contributed by atoms with Crippen molar-refractivity contribution in [2.45, 2.75) is 52.0 Å². The molecule has 0 bridgehead atoms. The normalized spacial score (nSPS) is 15.2. The number of rotatable bonds is 7. The molecule has 8 heteroatoms. The van der Waals surface area contributed by atoms with Gasteiger partial charge in [-0.1, -0.05) is 20.8 Å². The van der Waals surface area contributed by atoms with Gasteiger partial charge in [0.05, 0.1) is 4.92 Å². The van der Waals surface area contributed by atoms with Crippen LogP contribution in [0.1, 0.15) is 56.8 Å². The van der Waals surface area contributed by atoms with Gasteiger partial charge < -0.3 is 16.0 Å². The molecule has 0 unspecified atom stereocenters. The van der Waals surface area contributed by atoms with E-state index in [9.17, 15) is 14.9 Å². The fraction of sp³-hybridized carbons (Fsp3) is 0.632. The second kappa shape index (κ2) is 9.90. The lowest BCUT2D eigenvalue weighted by atomic mass is 9.94. The third-order valence-corrected chi connectivity index (χ3v) is 5.57. The zero-order valence-corrected chi connectivity index (χ0v) is 17.2. The number of nitro benzene ring substituents is 1. The van der Waals surface area contributed by atoms with Crippen molar-refractivity contribution in [3.05, 3.63) is 33.9 Å². The summed E-state index contributed by atoms with van der Waals surface area (Å²) >= 11 is 0. The standard InChI is InChI=1S/C19H30N4O3.ClH/c1-4-19(20,5-2)13-21-18(24)15-6-7-16(17(12-15)23(25)26)22-10-8-14(3)9-11-22;/h6-7,12,14H,4-5,8-11,13,20H2,1-3H3,(H,21,24);1H. The number of carbonyl (C=O) groups excluding carboxylic acids is 1. The predicted molar refractivity (Wildman–Crippen MR) is 111 cm³/mol. The van der Waals surface area contributed by atoms with Crippen LogP contribution in [0.5, 0.6) is 0 Å². The Kier molecular flexibility index (Phi) is 8.50. The van der Waals surface area contributed by atoms with Gasteiger partial charge in [-0.2, -0.15) is 0 Å². The lowest BCUT2D eigenvalue weighted by Crippen LogP contribution is -2.49. The van der Waals surface area contributed by atoms with Crippen LogP contribution in [0.3, 0.4) is 0 Å². The van der Waals surface area contributed by atoms with Gasteiger partial charge in [0.2, 0.25) is 0 Å². The maximum atomic E-state index is 12.4. The zero-order valence-electron chi connectivity index (χ0n) is 16.4. The lowest BCUT2D eigenvalue weighted by molar-refractivity contribution is -0.384. The summed E-state index contributed by atoms with van der Waals surface area (Å²) in [4.78, 5) is 25.6. The monoisotopic (exact) mass is 398 g/mol. The molecule has 1 heterocycles. The Morgan fingerprint density at radius 2 is 1.93 bits per heavy atom. The number of benzene rings is 1. The minimum atomic E-state index is -0.452. The van der Waals surface area contributed by atoms with E-state index in [4.69, 9.17) is 5.73 Å². The number of hydrogen-bond donors (Lipinski definition) is 2. The van der Waals surface area contributed by atoms with Crippen LogP contribution in [0.15, 0.2) is 18.2 Å². The summed E-state index contributed by atoms with van der Waals surface area (Å²) in [6.45, 7) is 8.11. The van der Waals surface area contributed by atoms with Crippen molar-refractivity contribution in [2.24, 2.45) is 11.7 Å². The summed E-state index contributed by atoms with van der Waals surface area (Å²) < 4.78 is 0. The number of piperidine rings is 1. The second-order valence-electron chi connectivity index (χ2n) is 7.38. The van der Waals surface area contributed by atoms with Gasteiger partial charge in [0.25, 0.3) is 11.6 Å². The first-order chi connectivity index (χ1) is 12.3. The van der Waals surface area contributed by atoms with Crippen molar-refractivity contribution < 1.29 is 9.72 Å². The van der Waals surface area contributed by atoms with Crippen molar-refractivity contribution in [3.63, 3.8) is 0 Å². The molecule has 2 rings (SSSR count). The fourth-order valence-corrected chi connectivity index (χ4v) is 3.19. The fourth-order valence-electron chi connectivity index (χ4n) is 3.19. The summed E-state index contributed by atoms with van der Waals surface area (Å²) in [5.74, 6) is 0.313. The van der Waals surface area contributed by atoms with E-state index in [0.29, 0.717) is 23.7 Å². The number of nitrogens with zero attached hydrogens (tertiary/aromatic N) is 2. The van der Waals surface area contributed by atoms with Crippen LogP contribution in [0.4, 0.5) is 11.4 Å². The Hall–Kier alpha value is -1.86. The van der Waals surface area contributed by atoms with Crippen molar-refractivity contribution >= 4 is 29.7 Å². The summed E-state index contributed by atoms with van der Waals surface area (Å²) in [5, 5.41) is 14.4. The van der Waals surface area contributed by atoms with E-state index < -0.39 is 10.5 Å². The summed E-state index contributed by atoms with van der Waals surface area (Å²) in [7, 11) is 0. The molecule has 3 N–H and O–H groups in total. The molecule has 1 aliphatic rings. The maximum Gasteiger partial charge on any atom is 0.293 e. The molecule has 1 aromatic carbocycles. The van der Waals surface area contributed by atoms with Gasteiger partial charge in [-0.25, -0.2) is 0 Å². The number of hydrogen-bond acceptors (Lipinski definition) is 5. The molecule has 1 amide bonds. The van der Waals surface area contributed by atoms with Crippen molar-refractivity contribution in [3.8, 4) is 0 Å². The van der Waals surface area contributed by atoms with Crippen molar-refractivity contribution in [1.29, 1.82) is 0 Å². The number of halogens is 1. The van der Waals surface area contributed by atoms with Gasteiger partial charge in [-0.05, 0) is 43.7 Å². The average Bonchev–Trinajstić information content (AvgIpc) is 2.66. The summed E-state index contributed by atoms with van der Waals surface area (Å²) in [6, 6.07) is 4.73. The Bertz CT molecular complexity index is 656. The molecule has 152 valence electrons. The van der Waals surface area contributed by atoms with Crippen LogP contribution >= 0.6 is 12.4 Å². The SMILES string of the molecule is CCC(N)(CC)CNC(=O)c1ccc(N2CCC(C)CC2)c([N+](=O)[O-])c1.Cl. The molecular formula is C19H31ClN4O3. The maximum absolute atomic E-state index is 12.4. The number of amides is 1. The molecule has 1 saturated heterocycles. The highest BCUT2D eigenvalue weighted by Crippen LogP contribution is 2.32. The molecule has 1 aromatic rings. The Morgan fingerprint density at radius 1 is 1.33 bits per heavy atom. The van der Waals surface area contributed by atoms with E-state index in [1.54, 1.807) is 12.1 Å². The number of nitrogens with two attached hydrogens (primary N) is 1. The van der Waals surface area contributed by atoms with E-state index in [0.717, 1.165) is 38.8 Å². The molecule has 0 radical (unpaired) electrons. The highest BCUT2D eigenvalue weighted by molar-refractivity contribution is 5.95. The molecule has 1 aliphatic heterocycles.